The highest BCUT2D eigenvalue weighted by Crippen LogP contribution is 2.50. The number of nitrogens with two attached hydrogens (primary N) is 1. The lowest BCUT2D eigenvalue weighted by Crippen LogP contribution is -2.44. The van der Waals surface area contributed by atoms with Gasteiger partial charge in [-0.15, -0.1) is 0 Å². The highest BCUT2D eigenvalue weighted by Gasteiger charge is 2.50. The molecule has 2 aliphatic carbocycles. The summed E-state index contributed by atoms with van der Waals surface area (Å²) in [7, 11) is 0. The zero-order chi connectivity index (χ0) is 31.1. The summed E-state index contributed by atoms with van der Waals surface area (Å²) in [5, 5.41) is 20.3. The van der Waals surface area contributed by atoms with E-state index in [2.05, 4.69) is 10.4 Å². The SMILES string of the molecule is C[C@]1(C(N)=O)COc2c1cc([C@@](O)(CNC(=O)c1cc(Cl)c3nn(C4CC4)cc3c1)C1CC1)nc2-c1cc(Cl)c(F)c(Cl)c1. The molecular formula is C31H27Cl3FN5O4. The molecule has 0 spiro atoms. The number of nitrogens with one attached hydrogen (secondary N) is 1. The number of hydrogen-bond donors (Lipinski definition) is 3. The summed E-state index contributed by atoms with van der Waals surface area (Å²) in [6.07, 6.45) is 5.39. The van der Waals surface area contributed by atoms with Gasteiger partial charge in [0, 0.05) is 28.3 Å². The quantitative estimate of drug-likeness (QED) is 0.208. The summed E-state index contributed by atoms with van der Waals surface area (Å²) < 4.78 is 22.1. The number of pyridine rings is 1. The van der Waals surface area contributed by atoms with E-state index in [-0.39, 0.29) is 46.3 Å². The molecule has 9 nitrogen and oxygen atoms in total. The number of amides is 2. The van der Waals surface area contributed by atoms with Crippen molar-refractivity contribution in [2.45, 2.75) is 49.7 Å². The molecule has 0 saturated heterocycles. The monoisotopic (exact) mass is 657 g/mol. The van der Waals surface area contributed by atoms with Crippen LogP contribution in [-0.4, -0.2) is 44.8 Å². The van der Waals surface area contributed by atoms with Gasteiger partial charge in [-0.2, -0.15) is 5.10 Å². The zero-order valence-corrected chi connectivity index (χ0v) is 25.7. The number of benzene rings is 2. The minimum atomic E-state index is -1.63. The Morgan fingerprint density at radius 1 is 1.14 bits per heavy atom. The molecule has 2 aromatic heterocycles. The Balaban J connectivity index is 1.27. The van der Waals surface area contributed by atoms with Crippen molar-refractivity contribution in [3.05, 3.63) is 74.2 Å². The molecule has 7 rings (SSSR count). The molecule has 3 heterocycles. The van der Waals surface area contributed by atoms with Gasteiger partial charge in [-0.3, -0.25) is 14.3 Å². The summed E-state index contributed by atoms with van der Waals surface area (Å²) >= 11 is 18.7. The van der Waals surface area contributed by atoms with Crippen molar-refractivity contribution >= 4 is 57.5 Å². The van der Waals surface area contributed by atoms with E-state index in [9.17, 15) is 19.1 Å². The van der Waals surface area contributed by atoms with Crippen LogP contribution in [0.15, 0.2) is 36.5 Å². The molecule has 4 N–H and O–H groups in total. The second kappa shape index (κ2) is 10.3. The Kier molecular flexibility index (Phi) is 6.86. The Morgan fingerprint density at radius 2 is 1.84 bits per heavy atom. The number of ether oxygens (including phenoxy) is 1. The van der Waals surface area contributed by atoms with Gasteiger partial charge in [0.1, 0.15) is 34.6 Å². The number of carbonyl (C=O) groups is 2. The Morgan fingerprint density at radius 3 is 2.48 bits per heavy atom. The van der Waals surface area contributed by atoms with Gasteiger partial charge < -0.3 is 20.9 Å². The largest absolute Gasteiger partial charge is 0.489 e. The van der Waals surface area contributed by atoms with Crippen LogP contribution >= 0.6 is 34.8 Å². The average Bonchev–Trinajstić information content (AvgIpc) is 3.93. The lowest BCUT2D eigenvalue weighted by molar-refractivity contribution is -0.123. The number of carbonyl (C=O) groups excluding carboxylic acids is 2. The maximum absolute atomic E-state index is 14.3. The average molecular weight is 659 g/mol. The number of hydrogen-bond acceptors (Lipinski definition) is 6. The second-order valence-electron chi connectivity index (χ2n) is 12.1. The summed E-state index contributed by atoms with van der Waals surface area (Å²) in [5.74, 6) is -1.83. The number of halogens is 4. The van der Waals surface area contributed by atoms with Crippen molar-refractivity contribution in [2.75, 3.05) is 13.2 Å². The molecule has 4 aromatic rings. The van der Waals surface area contributed by atoms with Crippen LogP contribution in [0.25, 0.3) is 22.2 Å². The Bertz CT molecular complexity index is 1870. The van der Waals surface area contributed by atoms with Crippen molar-refractivity contribution in [2.24, 2.45) is 11.7 Å². The first-order valence-electron chi connectivity index (χ1n) is 14.2. The Labute approximate surface area is 266 Å². The topological polar surface area (TPSA) is 132 Å². The van der Waals surface area contributed by atoms with Crippen LogP contribution in [0, 0.1) is 11.7 Å². The molecule has 2 amide bonds. The van der Waals surface area contributed by atoms with Gasteiger partial charge in [0.15, 0.2) is 5.82 Å². The smallest absolute Gasteiger partial charge is 0.251 e. The van der Waals surface area contributed by atoms with Crippen LogP contribution < -0.4 is 15.8 Å². The second-order valence-corrected chi connectivity index (χ2v) is 13.3. The molecule has 0 unspecified atom stereocenters. The Hall–Kier alpha value is -3.44. The zero-order valence-electron chi connectivity index (χ0n) is 23.5. The van der Waals surface area contributed by atoms with Gasteiger partial charge in [0.25, 0.3) is 5.91 Å². The molecule has 0 radical (unpaired) electrons. The third-order valence-corrected chi connectivity index (χ3v) is 9.69. The van der Waals surface area contributed by atoms with E-state index >= 15 is 0 Å². The molecule has 3 aliphatic rings. The minimum absolute atomic E-state index is 0.0579. The number of nitrogens with zero attached hydrogens (tertiary/aromatic N) is 3. The normalized spacial score (nSPS) is 20.7. The van der Waals surface area contributed by atoms with E-state index in [0.717, 1.165) is 18.2 Å². The molecule has 2 fully saturated rings. The fourth-order valence-corrected chi connectivity index (χ4v) is 6.54. The maximum Gasteiger partial charge on any atom is 0.251 e. The summed E-state index contributed by atoms with van der Waals surface area (Å²) in [6.45, 7) is 1.40. The lowest BCUT2D eigenvalue weighted by Gasteiger charge is -2.30. The highest BCUT2D eigenvalue weighted by molar-refractivity contribution is 6.36. The predicted molar refractivity (Wildman–Crippen MR) is 164 cm³/mol. The van der Waals surface area contributed by atoms with Crippen molar-refractivity contribution in [1.82, 2.24) is 20.1 Å². The first-order chi connectivity index (χ1) is 20.9. The van der Waals surface area contributed by atoms with Crippen molar-refractivity contribution in [3.63, 3.8) is 0 Å². The van der Waals surface area contributed by atoms with Gasteiger partial charge in [-0.25, -0.2) is 9.37 Å². The summed E-state index contributed by atoms with van der Waals surface area (Å²) in [6, 6.07) is 7.94. The molecule has 13 heteroatoms. The summed E-state index contributed by atoms with van der Waals surface area (Å²) in [5.41, 5.74) is 5.03. The van der Waals surface area contributed by atoms with Gasteiger partial charge >= 0.3 is 0 Å². The van der Waals surface area contributed by atoms with E-state index in [1.807, 2.05) is 10.9 Å². The van der Waals surface area contributed by atoms with Gasteiger partial charge in [-0.05, 0) is 68.9 Å². The molecule has 2 atom stereocenters. The first kappa shape index (κ1) is 29.3. The van der Waals surface area contributed by atoms with Crippen LogP contribution in [0.5, 0.6) is 5.75 Å². The predicted octanol–water partition coefficient (Wildman–Crippen LogP) is 5.70. The number of fused-ring (bicyclic) bond motifs is 2. The van der Waals surface area contributed by atoms with Crippen LogP contribution in [0.4, 0.5) is 4.39 Å². The fourth-order valence-electron chi connectivity index (χ4n) is 5.79. The van der Waals surface area contributed by atoms with Gasteiger partial charge in [0.2, 0.25) is 5.91 Å². The van der Waals surface area contributed by atoms with Crippen molar-refractivity contribution in [1.29, 1.82) is 0 Å². The fraction of sp³-hybridized carbons (Fsp3) is 0.355. The van der Waals surface area contributed by atoms with E-state index in [1.54, 1.807) is 25.1 Å². The van der Waals surface area contributed by atoms with E-state index < -0.39 is 28.6 Å². The first-order valence-corrected chi connectivity index (χ1v) is 15.3. The maximum atomic E-state index is 14.3. The van der Waals surface area contributed by atoms with Crippen LogP contribution in [0.2, 0.25) is 15.1 Å². The van der Waals surface area contributed by atoms with E-state index in [0.29, 0.717) is 46.1 Å². The molecule has 1 aliphatic heterocycles. The van der Waals surface area contributed by atoms with E-state index in [4.69, 9.17) is 50.3 Å². The molecule has 44 heavy (non-hydrogen) atoms. The molecule has 0 bridgehead atoms. The van der Waals surface area contributed by atoms with Gasteiger partial charge in [0.05, 0.1) is 33.3 Å². The molecule has 2 saturated carbocycles. The molecule has 2 aromatic carbocycles. The van der Waals surface area contributed by atoms with Crippen molar-refractivity contribution < 1.29 is 23.8 Å². The summed E-state index contributed by atoms with van der Waals surface area (Å²) in [4.78, 5) is 30.8. The number of aromatic nitrogens is 3. The number of primary amides is 1. The standard InChI is InChI=1S/C31H27Cl3FN5O4/c1-30(29(36)42)13-44-27-19(30)10-23(38-26(27)14-7-20(32)24(35)21(33)8-14)31(43,17-2-3-17)12-37-28(41)15-6-16-11-40(18-4-5-18)39-25(16)22(34)9-15/h6-11,17-18,43H,2-5,12-13H2,1H3,(H2,36,42)(H,37,41)/t30-,31+/m0/s1. The number of rotatable bonds is 8. The van der Waals surface area contributed by atoms with E-state index in [1.165, 1.54) is 12.1 Å². The molecule has 228 valence electrons. The number of aliphatic hydroxyl groups is 1. The third-order valence-electron chi connectivity index (χ3n) is 8.85. The highest BCUT2D eigenvalue weighted by atomic mass is 35.5. The van der Waals surface area contributed by atoms with Gasteiger partial charge in [-0.1, -0.05) is 34.8 Å². The van der Waals surface area contributed by atoms with Crippen LogP contribution in [0.3, 0.4) is 0 Å². The molecular weight excluding hydrogens is 632 g/mol. The van der Waals surface area contributed by atoms with Crippen molar-refractivity contribution in [3.8, 4) is 17.0 Å². The third kappa shape index (κ3) is 4.79. The van der Waals surface area contributed by atoms with Crippen LogP contribution in [0.1, 0.15) is 60.3 Å². The van der Waals surface area contributed by atoms with Crippen LogP contribution in [-0.2, 0) is 15.8 Å². The minimum Gasteiger partial charge on any atom is -0.489 e. The lowest BCUT2D eigenvalue weighted by atomic mass is 9.81.